The van der Waals surface area contributed by atoms with Crippen LogP contribution in [0.2, 0.25) is 0 Å². The first-order valence-electron chi connectivity index (χ1n) is 2.19. The van der Waals surface area contributed by atoms with Crippen LogP contribution in [0.1, 0.15) is 6.92 Å². The first-order chi connectivity index (χ1) is 3.66. The number of rotatable bonds is 2. The van der Waals surface area contributed by atoms with E-state index >= 15 is 0 Å². The van der Waals surface area contributed by atoms with Crippen molar-refractivity contribution in [3.05, 3.63) is 0 Å². The van der Waals surface area contributed by atoms with Gasteiger partial charge in [-0.2, -0.15) is 0 Å². The van der Waals surface area contributed by atoms with Gasteiger partial charge in [0.25, 0.3) is 0 Å². The van der Waals surface area contributed by atoms with Gasteiger partial charge in [-0.3, -0.25) is 0 Å². The van der Waals surface area contributed by atoms with Crippen LogP contribution in [0.4, 0.5) is 4.79 Å². The molecule has 0 rings (SSSR count). The summed E-state index contributed by atoms with van der Waals surface area (Å²) in [5.74, 6) is 0.281. The lowest BCUT2D eigenvalue weighted by atomic mass is 10.5. The highest BCUT2D eigenvalue weighted by Gasteiger charge is 2.01. The second-order valence-corrected chi connectivity index (χ2v) is 1.71. The minimum atomic E-state index is -0.779. The summed E-state index contributed by atoms with van der Waals surface area (Å²) in [4.78, 5) is 9.91. The Balaban J connectivity index is 3.24. The molecule has 0 spiro atoms. The van der Waals surface area contributed by atoms with Crippen molar-refractivity contribution in [2.45, 2.75) is 13.0 Å². The third-order valence-corrected chi connectivity index (χ3v) is 0.969. The van der Waals surface area contributed by atoms with Crippen LogP contribution in [0.15, 0.2) is 0 Å². The summed E-state index contributed by atoms with van der Waals surface area (Å²) in [6, 6.07) is 0. The fourth-order valence-electron chi connectivity index (χ4n) is 0.230. The molecular formula is C4H8ClNO2. The fraction of sp³-hybridized carbons (Fsp3) is 0.750. The van der Waals surface area contributed by atoms with Gasteiger partial charge in [0.1, 0.15) is 6.10 Å². The standard InChI is InChI=1S/C4H8ClNO2/c1-3(2-5)8-4(6)7/h3H,2H2,1H3,(H2,6,7). The molecule has 0 aromatic carbocycles. The number of amides is 1. The molecule has 3 nitrogen and oxygen atoms in total. The first-order valence-corrected chi connectivity index (χ1v) is 2.72. The number of primary amides is 1. The van der Waals surface area contributed by atoms with Crippen LogP contribution in [0.3, 0.4) is 0 Å². The van der Waals surface area contributed by atoms with Gasteiger partial charge in [-0.15, -0.1) is 11.6 Å². The number of ether oxygens (including phenoxy) is 1. The molecule has 0 aromatic heterocycles. The van der Waals surface area contributed by atoms with Gasteiger partial charge in [0, 0.05) is 0 Å². The molecule has 0 heterocycles. The predicted molar refractivity (Wildman–Crippen MR) is 30.9 cm³/mol. The van der Waals surface area contributed by atoms with Gasteiger partial charge in [0.2, 0.25) is 0 Å². The lowest BCUT2D eigenvalue weighted by Gasteiger charge is -2.04. The van der Waals surface area contributed by atoms with Crippen LogP contribution >= 0.6 is 11.6 Å². The molecule has 4 heteroatoms. The summed E-state index contributed by atoms with van der Waals surface area (Å²) < 4.78 is 4.41. The maximum Gasteiger partial charge on any atom is 0.404 e. The molecular weight excluding hydrogens is 130 g/mol. The lowest BCUT2D eigenvalue weighted by Crippen LogP contribution is -2.21. The summed E-state index contributed by atoms with van der Waals surface area (Å²) in [7, 11) is 0. The van der Waals surface area contributed by atoms with Gasteiger partial charge in [-0.05, 0) is 6.92 Å². The van der Waals surface area contributed by atoms with Gasteiger partial charge < -0.3 is 10.5 Å². The molecule has 1 atom stereocenters. The van der Waals surface area contributed by atoms with Gasteiger partial charge >= 0.3 is 6.09 Å². The summed E-state index contributed by atoms with van der Waals surface area (Å²) in [5, 5.41) is 0. The van der Waals surface area contributed by atoms with E-state index in [9.17, 15) is 4.79 Å². The van der Waals surface area contributed by atoms with Crippen LogP contribution in [-0.2, 0) is 4.74 Å². The minimum absolute atomic E-state index is 0.281. The third kappa shape index (κ3) is 3.74. The number of carbonyl (C=O) groups is 1. The average molecular weight is 138 g/mol. The van der Waals surface area contributed by atoms with Crippen molar-refractivity contribution < 1.29 is 9.53 Å². The first kappa shape index (κ1) is 7.56. The Bertz CT molecular complexity index is 86.1. The SMILES string of the molecule is CC(CCl)OC(N)=O. The topological polar surface area (TPSA) is 52.3 Å². The quantitative estimate of drug-likeness (QED) is 0.570. The molecule has 0 saturated heterocycles. The van der Waals surface area contributed by atoms with Crippen LogP contribution in [0.25, 0.3) is 0 Å². The van der Waals surface area contributed by atoms with Crippen molar-refractivity contribution in [3.8, 4) is 0 Å². The molecule has 0 aliphatic rings. The molecule has 1 amide bonds. The van der Waals surface area contributed by atoms with E-state index in [1.807, 2.05) is 0 Å². The van der Waals surface area contributed by atoms with E-state index in [-0.39, 0.29) is 12.0 Å². The van der Waals surface area contributed by atoms with Crippen molar-refractivity contribution in [2.75, 3.05) is 5.88 Å². The normalized spacial score (nSPS) is 12.8. The average Bonchev–Trinajstić information content (AvgIpc) is 1.65. The fourth-order valence-corrected chi connectivity index (χ4v) is 0.293. The van der Waals surface area contributed by atoms with Crippen LogP contribution in [0, 0.1) is 0 Å². The molecule has 48 valence electrons. The number of nitrogens with two attached hydrogens (primary N) is 1. The number of alkyl halides is 1. The van der Waals surface area contributed by atoms with Crippen molar-refractivity contribution in [3.63, 3.8) is 0 Å². The maximum atomic E-state index is 9.91. The zero-order valence-electron chi connectivity index (χ0n) is 4.56. The highest BCUT2D eigenvalue weighted by molar-refractivity contribution is 6.18. The smallest absolute Gasteiger partial charge is 0.404 e. The number of halogens is 1. The molecule has 0 fully saturated rings. The largest absolute Gasteiger partial charge is 0.445 e. The summed E-state index contributed by atoms with van der Waals surface area (Å²) in [6.45, 7) is 1.66. The molecule has 8 heavy (non-hydrogen) atoms. The summed E-state index contributed by atoms with van der Waals surface area (Å²) >= 11 is 5.26. The predicted octanol–water partition coefficient (Wildman–Crippen LogP) is 0.709. The Morgan fingerprint density at radius 3 is 2.62 bits per heavy atom. The number of hydrogen-bond donors (Lipinski definition) is 1. The molecule has 0 saturated carbocycles. The minimum Gasteiger partial charge on any atom is -0.445 e. The molecule has 0 radical (unpaired) electrons. The summed E-state index contributed by atoms with van der Waals surface area (Å²) in [6.07, 6.45) is -1.06. The summed E-state index contributed by atoms with van der Waals surface area (Å²) in [5.41, 5.74) is 4.65. The van der Waals surface area contributed by atoms with Gasteiger partial charge in [0.05, 0.1) is 5.88 Å². The van der Waals surface area contributed by atoms with E-state index in [0.29, 0.717) is 0 Å². The van der Waals surface area contributed by atoms with Crippen molar-refractivity contribution >= 4 is 17.7 Å². The van der Waals surface area contributed by atoms with E-state index in [4.69, 9.17) is 11.6 Å². The van der Waals surface area contributed by atoms with Crippen molar-refractivity contribution in [2.24, 2.45) is 5.73 Å². The van der Waals surface area contributed by atoms with Crippen LogP contribution < -0.4 is 5.73 Å². The third-order valence-electron chi connectivity index (χ3n) is 0.535. The van der Waals surface area contributed by atoms with Gasteiger partial charge in [0.15, 0.2) is 0 Å². The van der Waals surface area contributed by atoms with Crippen LogP contribution in [-0.4, -0.2) is 18.1 Å². The zero-order valence-corrected chi connectivity index (χ0v) is 5.31. The second kappa shape index (κ2) is 3.55. The Morgan fingerprint density at radius 1 is 2.00 bits per heavy atom. The van der Waals surface area contributed by atoms with E-state index in [1.165, 1.54) is 0 Å². The number of hydrogen-bond acceptors (Lipinski definition) is 2. The number of carbonyl (C=O) groups excluding carboxylic acids is 1. The Labute approximate surface area is 52.8 Å². The van der Waals surface area contributed by atoms with E-state index in [2.05, 4.69) is 10.5 Å². The lowest BCUT2D eigenvalue weighted by molar-refractivity contribution is 0.127. The molecule has 1 unspecified atom stereocenters. The molecule has 0 bridgehead atoms. The molecule has 0 aliphatic heterocycles. The van der Waals surface area contributed by atoms with Crippen molar-refractivity contribution in [1.82, 2.24) is 0 Å². The highest BCUT2D eigenvalue weighted by atomic mass is 35.5. The zero-order chi connectivity index (χ0) is 6.57. The molecule has 0 aliphatic carbocycles. The van der Waals surface area contributed by atoms with Gasteiger partial charge in [-0.25, -0.2) is 4.79 Å². The monoisotopic (exact) mass is 137 g/mol. The molecule has 0 aromatic rings. The van der Waals surface area contributed by atoms with Crippen LogP contribution in [0.5, 0.6) is 0 Å². The molecule has 2 N–H and O–H groups in total. The van der Waals surface area contributed by atoms with Gasteiger partial charge in [-0.1, -0.05) is 0 Å². The highest BCUT2D eigenvalue weighted by Crippen LogP contribution is 1.91. The maximum absolute atomic E-state index is 9.91. The Kier molecular flexibility index (Phi) is 3.35. The Morgan fingerprint density at radius 2 is 2.50 bits per heavy atom. The second-order valence-electron chi connectivity index (χ2n) is 1.40. The van der Waals surface area contributed by atoms with E-state index in [0.717, 1.165) is 0 Å². The van der Waals surface area contributed by atoms with E-state index < -0.39 is 6.09 Å². The van der Waals surface area contributed by atoms with E-state index in [1.54, 1.807) is 6.92 Å². The van der Waals surface area contributed by atoms with Crippen molar-refractivity contribution in [1.29, 1.82) is 0 Å². The Hall–Kier alpha value is -0.440.